The molecule has 0 atom stereocenters. The Hall–Kier alpha value is -1.62. The van der Waals surface area contributed by atoms with Gasteiger partial charge in [0.05, 0.1) is 0 Å². The van der Waals surface area contributed by atoms with Crippen LogP contribution in [-0.4, -0.2) is 35.2 Å². The van der Waals surface area contributed by atoms with E-state index in [1.807, 2.05) is 44.2 Å². The van der Waals surface area contributed by atoms with E-state index in [4.69, 9.17) is 0 Å². The van der Waals surface area contributed by atoms with Crippen molar-refractivity contribution in [2.24, 2.45) is 0 Å². The summed E-state index contributed by atoms with van der Waals surface area (Å²) in [5, 5.41) is 0. The van der Waals surface area contributed by atoms with Crippen LogP contribution in [0.2, 0.25) is 18.1 Å². The molecule has 0 spiro atoms. The molecular weight excluding hydrogens is 304 g/mol. The number of carbonyl (C=O) groups excluding carboxylic acids is 2. The summed E-state index contributed by atoms with van der Waals surface area (Å²) in [4.78, 5) is 27.9. The molecule has 23 heavy (non-hydrogen) atoms. The van der Waals surface area contributed by atoms with E-state index in [-0.39, 0.29) is 11.9 Å². The van der Waals surface area contributed by atoms with Crippen molar-refractivity contribution in [1.29, 1.82) is 0 Å². The first kappa shape index (κ1) is 17.7. The van der Waals surface area contributed by atoms with Crippen molar-refractivity contribution in [3.8, 4) is 0 Å². The summed E-state index contributed by atoms with van der Waals surface area (Å²) in [6.45, 7) is 10.6. The molecule has 0 saturated carbocycles. The number of amides is 3. The highest BCUT2D eigenvalue weighted by Gasteiger charge is 2.57. The molecular formula is C18H28N2O2Si. The maximum Gasteiger partial charge on any atom is 0.319 e. The number of hydrogen-bond donors (Lipinski definition) is 0. The lowest BCUT2D eigenvalue weighted by molar-refractivity contribution is -0.129. The van der Waals surface area contributed by atoms with Gasteiger partial charge in [-0.1, -0.05) is 51.1 Å². The Labute approximate surface area is 140 Å². The minimum atomic E-state index is -2.07. The van der Waals surface area contributed by atoms with E-state index in [0.29, 0.717) is 6.54 Å². The van der Waals surface area contributed by atoms with E-state index in [9.17, 15) is 9.59 Å². The standard InChI is InChI=1S/C18H28N2O2Si/c1-6-23(7-2,8-3)20-16(21)18(4,5)19(17(20)22)14-15-12-10-9-11-13-15/h9-13H,6-8,14H2,1-5H3. The highest BCUT2D eigenvalue weighted by atomic mass is 28.3. The molecule has 1 aliphatic rings. The molecule has 0 aliphatic carbocycles. The Morgan fingerprint density at radius 3 is 1.96 bits per heavy atom. The molecule has 0 N–H and O–H groups in total. The average molecular weight is 333 g/mol. The van der Waals surface area contributed by atoms with Crippen molar-refractivity contribution in [3.63, 3.8) is 0 Å². The lowest BCUT2D eigenvalue weighted by atomic mass is 10.0. The predicted octanol–water partition coefficient (Wildman–Crippen LogP) is 4.23. The van der Waals surface area contributed by atoms with Gasteiger partial charge in [-0.05, 0) is 37.5 Å². The molecule has 1 fully saturated rings. The number of hydrogen-bond acceptors (Lipinski definition) is 2. The van der Waals surface area contributed by atoms with E-state index < -0.39 is 13.8 Å². The van der Waals surface area contributed by atoms with Gasteiger partial charge in [0.1, 0.15) is 5.54 Å². The molecule has 0 bridgehead atoms. The van der Waals surface area contributed by atoms with Crippen molar-refractivity contribution in [2.45, 2.75) is 64.8 Å². The second kappa shape index (κ2) is 6.47. The van der Waals surface area contributed by atoms with E-state index >= 15 is 0 Å². The average Bonchev–Trinajstić information content (AvgIpc) is 2.72. The Balaban J connectivity index is 2.39. The summed E-state index contributed by atoms with van der Waals surface area (Å²) in [5.74, 6) is -0.0179. The third-order valence-corrected chi connectivity index (χ3v) is 10.7. The number of nitrogens with zero attached hydrogens (tertiary/aromatic N) is 2. The molecule has 3 amide bonds. The van der Waals surface area contributed by atoms with Crippen molar-refractivity contribution in [3.05, 3.63) is 35.9 Å². The molecule has 1 aromatic carbocycles. The fraction of sp³-hybridized carbons (Fsp3) is 0.556. The van der Waals surface area contributed by atoms with Crippen LogP contribution in [0.5, 0.6) is 0 Å². The maximum atomic E-state index is 13.1. The summed E-state index contributed by atoms with van der Waals surface area (Å²) >= 11 is 0. The molecule has 4 nitrogen and oxygen atoms in total. The van der Waals surface area contributed by atoms with Crippen LogP contribution in [0.25, 0.3) is 0 Å². The van der Waals surface area contributed by atoms with Gasteiger partial charge in [0.15, 0.2) is 8.24 Å². The van der Waals surface area contributed by atoms with Crippen LogP contribution in [0.3, 0.4) is 0 Å². The van der Waals surface area contributed by atoms with Gasteiger partial charge < -0.3 is 4.90 Å². The number of carbonyl (C=O) groups is 2. The molecule has 0 aromatic heterocycles. The van der Waals surface area contributed by atoms with Gasteiger partial charge >= 0.3 is 6.03 Å². The Morgan fingerprint density at radius 1 is 0.957 bits per heavy atom. The fourth-order valence-corrected chi connectivity index (χ4v) is 7.19. The number of imide groups is 1. The topological polar surface area (TPSA) is 40.6 Å². The SMILES string of the molecule is CC[Si](CC)(CC)N1C(=O)N(Cc2ccccc2)C(C)(C)C1=O. The van der Waals surface area contributed by atoms with Crippen LogP contribution in [0.1, 0.15) is 40.2 Å². The van der Waals surface area contributed by atoms with Crippen molar-refractivity contribution >= 4 is 20.2 Å². The zero-order valence-electron chi connectivity index (χ0n) is 14.9. The van der Waals surface area contributed by atoms with Crippen LogP contribution in [0, 0.1) is 0 Å². The molecule has 0 radical (unpaired) electrons. The fourth-order valence-electron chi connectivity index (χ4n) is 3.51. The second-order valence-corrected chi connectivity index (χ2v) is 11.9. The number of benzene rings is 1. The highest BCUT2D eigenvalue weighted by molar-refractivity contribution is 6.81. The first-order valence-corrected chi connectivity index (χ1v) is 11.1. The van der Waals surface area contributed by atoms with Gasteiger partial charge in [-0.25, -0.2) is 4.79 Å². The van der Waals surface area contributed by atoms with Crippen LogP contribution in [0.4, 0.5) is 4.79 Å². The normalized spacial score (nSPS) is 18.0. The summed E-state index contributed by atoms with van der Waals surface area (Å²) in [5.41, 5.74) is 0.283. The summed E-state index contributed by atoms with van der Waals surface area (Å²) in [6.07, 6.45) is 0. The first-order chi connectivity index (χ1) is 10.8. The van der Waals surface area contributed by atoms with Gasteiger partial charge in [0, 0.05) is 6.54 Å². The Kier molecular flexibility index (Phi) is 4.99. The molecule has 2 rings (SSSR count). The zero-order valence-corrected chi connectivity index (χ0v) is 15.9. The Morgan fingerprint density at radius 2 is 1.48 bits per heavy atom. The lowest BCUT2D eigenvalue weighted by Gasteiger charge is -2.36. The summed E-state index contributed by atoms with van der Waals surface area (Å²) in [7, 11) is -2.07. The van der Waals surface area contributed by atoms with E-state index in [0.717, 1.165) is 23.7 Å². The minimum absolute atomic E-state index is 0.0179. The third kappa shape index (κ3) is 2.82. The van der Waals surface area contributed by atoms with Crippen molar-refractivity contribution in [2.75, 3.05) is 0 Å². The Bertz CT molecular complexity index is 574. The molecule has 1 aliphatic heterocycles. The summed E-state index contributed by atoms with van der Waals surface area (Å²) in [6, 6.07) is 12.6. The number of rotatable bonds is 6. The van der Waals surface area contributed by atoms with Gasteiger partial charge in [-0.2, -0.15) is 0 Å². The smallest absolute Gasteiger partial charge is 0.306 e. The third-order valence-electron chi connectivity index (χ3n) is 5.46. The van der Waals surface area contributed by atoms with Crippen LogP contribution >= 0.6 is 0 Å². The monoisotopic (exact) mass is 332 g/mol. The predicted molar refractivity (Wildman–Crippen MR) is 95.5 cm³/mol. The quantitative estimate of drug-likeness (QED) is 0.577. The van der Waals surface area contributed by atoms with Crippen LogP contribution in [-0.2, 0) is 11.3 Å². The minimum Gasteiger partial charge on any atom is -0.306 e. The van der Waals surface area contributed by atoms with Crippen molar-refractivity contribution < 1.29 is 9.59 Å². The van der Waals surface area contributed by atoms with Crippen LogP contribution in [0.15, 0.2) is 30.3 Å². The van der Waals surface area contributed by atoms with E-state index in [2.05, 4.69) is 20.8 Å². The maximum absolute atomic E-state index is 13.1. The molecule has 1 heterocycles. The largest absolute Gasteiger partial charge is 0.319 e. The first-order valence-electron chi connectivity index (χ1n) is 8.54. The van der Waals surface area contributed by atoms with Gasteiger partial charge in [-0.3, -0.25) is 9.36 Å². The van der Waals surface area contributed by atoms with E-state index in [1.54, 1.807) is 9.47 Å². The molecule has 126 valence electrons. The zero-order chi connectivity index (χ0) is 17.3. The van der Waals surface area contributed by atoms with E-state index in [1.165, 1.54) is 0 Å². The van der Waals surface area contributed by atoms with Gasteiger partial charge in [0.25, 0.3) is 0 Å². The summed E-state index contributed by atoms with van der Waals surface area (Å²) < 4.78 is 1.68. The van der Waals surface area contributed by atoms with Crippen molar-refractivity contribution in [1.82, 2.24) is 9.47 Å². The molecule has 1 aromatic rings. The van der Waals surface area contributed by atoms with Gasteiger partial charge in [0.2, 0.25) is 5.91 Å². The molecule has 1 saturated heterocycles. The lowest BCUT2D eigenvalue weighted by Crippen LogP contribution is -2.56. The highest BCUT2D eigenvalue weighted by Crippen LogP contribution is 2.37. The molecule has 0 unspecified atom stereocenters. The van der Waals surface area contributed by atoms with Gasteiger partial charge in [-0.15, -0.1) is 0 Å². The second-order valence-electron chi connectivity index (χ2n) is 6.84. The molecule has 5 heteroatoms. The number of urea groups is 1. The van der Waals surface area contributed by atoms with Crippen LogP contribution < -0.4 is 0 Å².